The minimum atomic E-state index is -0.495. The predicted molar refractivity (Wildman–Crippen MR) is 88.4 cm³/mol. The van der Waals surface area contributed by atoms with Gasteiger partial charge in [-0.2, -0.15) is 0 Å². The summed E-state index contributed by atoms with van der Waals surface area (Å²) in [7, 11) is 0. The molecule has 1 atom stereocenters. The number of amides is 2. The van der Waals surface area contributed by atoms with E-state index in [2.05, 4.69) is 18.7 Å². The zero-order chi connectivity index (χ0) is 16.9. The summed E-state index contributed by atoms with van der Waals surface area (Å²) in [5.41, 5.74) is 5.80. The number of nitrogens with two attached hydrogens (primary N) is 1. The molecule has 6 nitrogen and oxygen atoms in total. The Morgan fingerprint density at radius 2 is 1.50 bits per heavy atom. The van der Waals surface area contributed by atoms with Gasteiger partial charge in [0.05, 0.1) is 12.6 Å². The van der Waals surface area contributed by atoms with E-state index < -0.39 is 6.04 Å². The molecule has 1 saturated heterocycles. The van der Waals surface area contributed by atoms with Crippen molar-refractivity contribution < 1.29 is 9.59 Å². The van der Waals surface area contributed by atoms with Gasteiger partial charge < -0.3 is 15.5 Å². The molecule has 0 saturated carbocycles. The van der Waals surface area contributed by atoms with Crippen molar-refractivity contribution in [2.75, 3.05) is 45.8 Å². The molecule has 128 valence electrons. The quantitative estimate of drug-likeness (QED) is 0.796. The standard InChI is InChI=1S/C16H32N4O2/c1-6-18(7-2)12-13(21)19-8-10-20(11-9-19)15(22)14(17)16(3,4)5/h14H,6-12,17H2,1-5H3/t14-/m1/s1. The van der Waals surface area contributed by atoms with Crippen LogP contribution in [0, 0.1) is 5.41 Å². The molecule has 1 heterocycles. The molecule has 2 amide bonds. The molecule has 2 N–H and O–H groups in total. The second-order valence-corrected chi connectivity index (χ2v) is 7.01. The molecular weight excluding hydrogens is 280 g/mol. The Morgan fingerprint density at radius 3 is 1.91 bits per heavy atom. The highest BCUT2D eigenvalue weighted by molar-refractivity contribution is 5.83. The number of carbonyl (C=O) groups excluding carboxylic acids is 2. The maximum absolute atomic E-state index is 12.4. The van der Waals surface area contributed by atoms with Crippen molar-refractivity contribution in [3.8, 4) is 0 Å². The van der Waals surface area contributed by atoms with Crippen LogP contribution in [0.15, 0.2) is 0 Å². The zero-order valence-electron chi connectivity index (χ0n) is 14.8. The summed E-state index contributed by atoms with van der Waals surface area (Å²) in [6, 6.07) is -0.495. The molecule has 0 unspecified atom stereocenters. The maximum atomic E-state index is 12.4. The monoisotopic (exact) mass is 312 g/mol. The van der Waals surface area contributed by atoms with E-state index >= 15 is 0 Å². The van der Waals surface area contributed by atoms with Crippen LogP contribution in [-0.4, -0.2) is 78.4 Å². The second-order valence-electron chi connectivity index (χ2n) is 7.01. The van der Waals surface area contributed by atoms with Gasteiger partial charge in [-0.15, -0.1) is 0 Å². The van der Waals surface area contributed by atoms with Gasteiger partial charge >= 0.3 is 0 Å². The molecule has 0 bridgehead atoms. The van der Waals surface area contributed by atoms with E-state index in [1.807, 2.05) is 25.7 Å². The third-order valence-electron chi connectivity index (χ3n) is 4.40. The highest BCUT2D eigenvalue weighted by Gasteiger charge is 2.33. The molecule has 1 fully saturated rings. The van der Waals surface area contributed by atoms with E-state index in [0.29, 0.717) is 32.7 Å². The summed E-state index contributed by atoms with van der Waals surface area (Å²) in [5, 5.41) is 0. The normalized spacial score (nSPS) is 17.8. The fourth-order valence-electron chi connectivity index (χ4n) is 2.48. The Kier molecular flexibility index (Phi) is 6.81. The number of piperazine rings is 1. The average Bonchev–Trinajstić information content (AvgIpc) is 2.50. The molecule has 1 rings (SSSR count). The van der Waals surface area contributed by atoms with Gasteiger partial charge in [-0.1, -0.05) is 34.6 Å². The van der Waals surface area contributed by atoms with Gasteiger partial charge in [-0.3, -0.25) is 14.5 Å². The summed E-state index contributed by atoms with van der Waals surface area (Å²) in [6.07, 6.45) is 0. The molecule has 22 heavy (non-hydrogen) atoms. The van der Waals surface area contributed by atoms with Crippen LogP contribution in [0.3, 0.4) is 0 Å². The van der Waals surface area contributed by atoms with Crippen molar-refractivity contribution in [3.63, 3.8) is 0 Å². The molecule has 0 spiro atoms. The van der Waals surface area contributed by atoms with Crippen molar-refractivity contribution >= 4 is 11.8 Å². The Morgan fingerprint density at radius 1 is 1.05 bits per heavy atom. The predicted octanol–water partition coefficient (Wildman–Crippen LogP) is 0.372. The molecule has 0 radical (unpaired) electrons. The van der Waals surface area contributed by atoms with E-state index in [1.54, 1.807) is 4.90 Å². The summed E-state index contributed by atoms with van der Waals surface area (Å²) < 4.78 is 0. The third kappa shape index (κ3) is 4.95. The second kappa shape index (κ2) is 7.92. The Labute approximate surface area is 134 Å². The van der Waals surface area contributed by atoms with Crippen LogP contribution >= 0.6 is 0 Å². The zero-order valence-corrected chi connectivity index (χ0v) is 14.8. The first-order valence-corrected chi connectivity index (χ1v) is 8.25. The van der Waals surface area contributed by atoms with Gasteiger partial charge in [0.2, 0.25) is 11.8 Å². The van der Waals surface area contributed by atoms with Gasteiger partial charge in [0.15, 0.2) is 0 Å². The van der Waals surface area contributed by atoms with Crippen LogP contribution in [0.5, 0.6) is 0 Å². The molecule has 0 aromatic carbocycles. The number of likely N-dealkylation sites (N-methyl/N-ethyl adjacent to an activating group) is 1. The first-order chi connectivity index (χ1) is 10.2. The molecular formula is C16H32N4O2. The van der Waals surface area contributed by atoms with Gasteiger partial charge in [0.25, 0.3) is 0 Å². The fraction of sp³-hybridized carbons (Fsp3) is 0.875. The van der Waals surface area contributed by atoms with Crippen LogP contribution in [-0.2, 0) is 9.59 Å². The Bertz CT molecular complexity index is 380. The SMILES string of the molecule is CCN(CC)CC(=O)N1CCN(C(=O)[C@@H](N)C(C)(C)C)CC1. The number of hydrogen-bond acceptors (Lipinski definition) is 4. The lowest BCUT2D eigenvalue weighted by atomic mass is 9.86. The Balaban J connectivity index is 2.49. The van der Waals surface area contributed by atoms with E-state index in [4.69, 9.17) is 5.73 Å². The smallest absolute Gasteiger partial charge is 0.240 e. The van der Waals surface area contributed by atoms with Gasteiger partial charge in [0.1, 0.15) is 0 Å². The summed E-state index contributed by atoms with van der Waals surface area (Å²) in [5.74, 6) is 0.138. The van der Waals surface area contributed by atoms with Gasteiger partial charge in [-0.05, 0) is 18.5 Å². The lowest BCUT2D eigenvalue weighted by Gasteiger charge is -2.38. The average molecular weight is 312 g/mol. The van der Waals surface area contributed by atoms with E-state index in [-0.39, 0.29) is 17.2 Å². The lowest BCUT2D eigenvalue weighted by molar-refractivity contribution is -0.142. The van der Waals surface area contributed by atoms with Crippen LogP contribution in [0.25, 0.3) is 0 Å². The van der Waals surface area contributed by atoms with Crippen molar-refractivity contribution in [1.82, 2.24) is 14.7 Å². The largest absolute Gasteiger partial charge is 0.338 e. The minimum absolute atomic E-state index is 0.0108. The lowest BCUT2D eigenvalue weighted by Crippen LogP contribution is -2.57. The molecule has 1 aliphatic heterocycles. The number of nitrogens with zero attached hydrogens (tertiary/aromatic N) is 3. The number of rotatable bonds is 5. The maximum Gasteiger partial charge on any atom is 0.240 e. The minimum Gasteiger partial charge on any atom is -0.338 e. The van der Waals surface area contributed by atoms with E-state index in [1.165, 1.54) is 0 Å². The fourth-order valence-corrected chi connectivity index (χ4v) is 2.48. The highest BCUT2D eigenvalue weighted by Crippen LogP contribution is 2.19. The summed E-state index contributed by atoms with van der Waals surface area (Å²) in [4.78, 5) is 30.4. The highest BCUT2D eigenvalue weighted by atomic mass is 16.2. The van der Waals surface area contributed by atoms with Crippen LogP contribution in [0.1, 0.15) is 34.6 Å². The first kappa shape index (κ1) is 18.9. The summed E-state index contributed by atoms with van der Waals surface area (Å²) >= 11 is 0. The van der Waals surface area contributed by atoms with Gasteiger partial charge in [-0.25, -0.2) is 0 Å². The molecule has 0 aromatic rings. The molecule has 6 heteroatoms. The number of carbonyl (C=O) groups is 2. The third-order valence-corrected chi connectivity index (χ3v) is 4.40. The van der Waals surface area contributed by atoms with Crippen LogP contribution in [0.4, 0.5) is 0 Å². The van der Waals surface area contributed by atoms with Crippen molar-refractivity contribution in [2.24, 2.45) is 11.1 Å². The Hall–Kier alpha value is -1.14. The molecule has 1 aliphatic rings. The summed E-state index contributed by atoms with van der Waals surface area (Å²) in [6.45, 7) is 14.6. The topological polar surface area (TPSA) is 69.9 Å². The van der Waals surface area contributed by atoms with Crippen LogP contribution in [0.2, 0.25) is 0 Å². The first-order valence-electron chi connectivity index (χ1n) is 8.25. The van der Waals surface area contributed by atoms with Gasteiger partial charge in [0, 0.05) is 26.2 Å². The van der Waals surface area contributed by atoms with E-state index in [9.17, 15) is 9.59 Å². The van der Waals surface area contributed by atoms with Crippen LogP contribution < -0.4 is 5.73 Å². The molecule has 0 aliphatic carbocycles. The van der Waals surface area contributed by atoms with Crippen molar-refractivity contribution in [2.45, 2.75) is 40.7 Å². The van der Waals surface area contributed by atoms with Crippen molar-refractivity contribution in [1.29, 1.82) is 0 Å². The molecule has 0 aromatic heterocycles. The number of hydrogen-bond donors (Lipinski definition) is 1. The van der Waals surface area contributed by atoms with E-state index in [0.717, 1.165) is 13.1 Å². The van der Waals surface area contributed by atoms with Crippen molar-refractivity contribution in [3.05, 3.63) is 0 Å².